The fourth-order valence-electron chi connectivity index (χ4n) is 3.56. The summed E-state index contributed by atoms with van der Waals surface area (Å²) in [6.45, 7) is 5.67. The van der Waals surface area contributed by atoms with Crippen LogP contribution in [0.4, 0.5) is 15.2 Å². The summed E-state index contributed by atoms with van der Waals surface area (Å²) < 4.78 is 13.7. The average molecular weight is 497 g/mol. The van der Waals surface area contributed by atoms with Gasteiger partial charge in [0.25, 0.3) is 0 Å². The van der Waals surface area contributed by atoms with Crippen LogP contribution in [0.25, 0.3) is 0 Å². The molecule has 0 fully saturated rings. The molecule has 0 bridgehead atoms. The molecule has 0 aliphatic rings. The third kappa shape index (κ3) is 7.19. The summed E-state index contributed by atoms with van der Waals surface area (Å²) >= 11 is 1.28. The molecule has 2 N–H and O–H groups in total. The van der Waals surface area contributed by atoms with Crippen LogP contribution < -0.4 is 15.5 Å². The van der Waals surface area contributed by atoms with Gasteiger partial charge >= 0.3 is 0 Å². The van der Waals surface area contributed by atoms with Crippen molar-refractivity contribution in [3.8, 4) is 0 Å². The summed E-state index contributed by atoms with van der Waals surface area (Å²) in [6, 6.07) is 11.7. The van der Waals surface area contributed by atoms with Crippen LogP contribution in [0.3, 0.4) is 0 Å². The molecular weight excluding hydrogens is 467 g/mol. The lowest BCUT2D eigenvalue weighted by Gasteiger charge is -2.32. The van der Waals surface area contributed by atoms with E-state index >= 15 is 0 Å². The fourth-order valence-corrected chi connectivity index (χ4v) is 4.11. The number of hydrogen-bond donors (Lipinski definition) is 2. The first-order chi connectivity index (χ1) is 16.8. The minimum absolute atomic E-state index is 0.0795. The SMILES string of the molecule is CCc1ccc(N(C(=O)CCC(=O)Nc2nccs2)[C@@H](C(=O)NC(C)C)c2ccc(F)cc2)cc1. The highest BCUT2D eigenvalue weighted by Crippen LogP contribution is 2.30. The second-order valence-corrected chi connectivity index (χ2v) is 9.18. The molecule has 7 nitrogen and oxygen atoms in total. The Morgan fingerprint density at radius 3 is 2.29 bits per heavy atom. The molecule has 0 spiro atoms. The molecule has 0 saturated carbocycles. The van der Waals surface area contributed by atoms with E-state index in [1.165, 1.54) is 40.5 Å². The number of nitrogens with zero attached hydrogens (tertiary/aromatic N) is 2. The van der Waals surface area contributed by atoms with E-state index in [1.807, 2.05) is 32.9 Å². The molecule has 0 saturated heterocycles. The van der Waals surface area contributed by atoms with Crippen molar-refractivity contribution >= 4 is 39.9 Å². The maximum absolute atomic E-state index is 13.7. The molecule has 0 radical (unpaired) electrons. The Morgan fingerprint density at radius 2 is 1.71 bits per heavy atom. The zero-order valence-corrected chi connectivity index (χ0v) is 20.8. The van der Waals surface area contributed by atoms with Gasteiger partial charge in [-0.1, -0.05) is 31.2 Å². The number of aryl methyl sites for hydroxylation is 1. The van der Waals surface area contributed by atoms with Gasteiger partial charge in [0.15, 0.2) is 5.13 Å². The standard InChI is InChI=1S/C26H29FN4O3S/c1-4-18-5-11-21(12-6-18)31(23(33)14-13-22(32)30-26-28-15-16-35-26)24(25(34)29-17(2)3)19-7-9-20(27)10-8-19/h5-12,15-17,24H,4,13-14H2,1-3H3,(H,29,34)(H,28,30,32)/t24-/m1/s1. The molecule has 0 aliphatic carbocycles. The number of halogens is 1. The largest absolute Gasteiger partial charge is 0.352 e. The van der Waals surface area contributed by atoms with E-state index in [2.05, 4.69) is 15.6 Å². The van der Waals surface area contributed by atoms with Gasteiger partial charge in [-0.2, -0.15) is 0 Å². The third-order valence-electron chi connectivity index (χ3n) is 5.26. The number of thiazole rings is 1. The normalized spacial score (nSPS) is 11.7. The quantitative estimate of drug-likeness (QED) is 0.419. The van der Waals surface area contributed by atoms with Crippen molar-refractivity contribution in [2.24, 2.45) is 0 Å². The van der Waals surface area contributed by atoms with Gasteiger partial charge in [-0.3, -0.25) is 19.3 Å². The van der Waals surface area contributed by atoms with E-state index in [0.717, 1.165) is 12.0 Å². The Balaban J connectivity index is 1.94. The Bertz CT molecular complexity index is 1130. The fraction of sp³-hybridized carbons (Fsp3) is 0.308. The van der Waals surface area contributed by atoms with E-state index in [0.29, 0.717) is 16.4 Å². The van der Waals surface area contributed by atoms with E-state index in [-0.39, 0.29) is 24.8 Å². The number of carbonyl (C=O) groups excluding carboxylic acids is 3. The van der Waals surface area contributed by atoms with Gasteiger partial charge in [-0.05, 0) is 55.7 Å². The van der Waals surface area contributed by atoms with Gasteiger partial charge in [0.2, 0.25) is 17.7 Å². The van der Waals surface area contributed by atoms with Gasteiger partial charge in [-0.25, -0.2) is 9.37 Å². The number of carbonyl (C=O) groups is 3. The summed E-state index contributed by atoms with van der Waals surface area (Å²) in [5.41, 5.74) is 2.06. The van der Waals surface area contributed by atoms with Crippen molar-refractivity contribution in [3.63, 3.8) is 0 Å². The number of rotatable bonds is 10. The molecule has 3 amide bonds. The van der Waals surface area contributed by atoms with Gasteiger partial charge in [0.1, 0.15) is 11.9 Å². The van der Waals surface area contributed by atoms with Crippen LogP contribution in [0, 0.1) is 5.82 Å². The van der Waals surface area contributed by atoms with Crippen molar-refractivity contribution in [3.05, 3.63) is 77.1 Å². The molecule has 35 heavy (non-hydrogen) atoms. The number of benzene rings is 2. The smallest absolute Gasteiger partial charge is 0.248 e. The molecule has 1 heterocycles. The summed E-state index contributed by atoms with van der Waals surface area (Å²) in [5.74, 6) is -1.59. The highest BCUT2D eigenvalue weighted by atomic mass is 32.1. The minimum atomic E-state index is -1.04. The topological polar surface area (TPSA) is 91.4 Å². The van der Waals surface area contributed by atoms with Gasteiger partial charge in [0, 0.05) is 36.1 Å². The first-order valence-electron chi connectivity index (χ1n) is 11.4. The summed E-state index contributed by atoms with van der Waals surface area (Å²) in [4.78, 5) is 44.7. The van der Waals surface area contributed by atoms with Crippen LogP contribution in [-0.4, -0.2) is 28.7 Å². The monoisotopic (exact) mass is 496 g/mol. The van der Waals surface area contributed by atoms with E-state index in [9.17, 15) is 18.8 Å². The molecule has 9 heteroatoms. The van der Waals surface area contributed by atoms with Crippen molar-refractivity contribution in [1.29, 1.82) is 0 Å². The van der Waals surface area contributed by atoms with Crippen molar-refractivity contribution in [2.75, 3.05) is 10.2 Å². The number of hydrogen-bond acceptors (Lipinski definition) is 5. The Kier molecular flexibility index (Phi) is 9.08. The van der Waals surface area contributed by atoms with Crippen LogP contribution in [0.15, 0.2) is 60.1 Å². The van der Waals surface area contributed by atoms with Crippen LogP contribution >= 0.6 is 11.3 Å². The van der Waals surface area contributed by atoms with E-state index < -0.39 is 23.7 Å². The lowest BCUT2D eigenvalue weighted by Crippen LogP contribution is -2.46. The lowest BCUT2D eigenvalue weighted by molar-refractivity contribution is -0.127. The molecule has 1 atom stereocenters. The number of aromatic nitrogens is 1. The summed E-state index contributed by atoms with van der Waals surface area (Å²) in [6.07, 6.45) is 2.19. The Morgan fingerprint density at radius 1 is 1.03 bits per heavy atom. The van der Waals surface area contributed by atoms with Crippen molar-refractivity contribution in [1.82, 2.24) is 10.3 Å². The van der Waals surface area contributed by atoms with Gasteiger partial charge in [0.05, 0.1) is 0 Å². The second-order valence-electron chi connectivity index (χ2n) is 8.29. The zero-order chi connectivity index (χ0) is 25.4. The van der Waals surface area contributed by atoms with E-state index in [1.54, 1.807) is 23.7 Å². The lowest BCUT2D eigenvalue weighted by atomic mass is 10.0. The van der Waals surface area contributed by atoms with Crippen LogP contribution in [0.2, 0.25) is 0 Å². The first kappa shape index (κ1) is 26.0. The first-order valence-corrected chi connectivity index (χ1v) is 12.3. The van der Waals surface area contributed by atoms with Crippen LogP contribution in [-0.2, 0) is 20.8 Å². The average Bonchev–Trinajstić information content (AvgIpc) is 3.34. The van der Waals surface area contributed by atoms with Gasteiger partial charge < -0.3 is 10.6 Å². The highest BCUT2D eigenvalue weighted by Gasteiger charge is 2.33. The van der Waals surface area contributed by atoms with Gasteiger partial charge in [-0.15, -0.1) is 11.3 Å². The predicted octanol–water partition coefficient (Wildman–Crippen LogP) is 4.86. The predicted molar refractivity (Wildman–Crippen MR) is 136 cm³/mol. The number of nitrogens with one attached hydrogen (secondary N) is 2. The Hall–Kier alpha value is -3.59. The molecule has 3 aromatic rings. The summed E-state index contributed by atoms with van der Waals surface area (Å²) in [5, 5.41) is 7.72. The molecule has 1 aromatic heterocycles. The molecule has 2 aromatic carbocycles. The van der Waals surface area contributed by atoms with Crippen molar-refractivity contribution in [2.45, 2.75) is 52.1 Å². The molecule has 184 valence electrons. The maximum Gasteiger partial charge on any atom is 0.248 e. The second kappa shape index (κ2) is 12.2. The van der Waals surface area contributed by atoms with Crippen LogP contribution in [0.5, 0.6) is 0 Å². The zero-order valence-electron chi connectivity index (χ0n) is 20.0. The van der Waals surface area contributed by atoms with Crippen molar-refractivity contribution < 1.29 is 18.8 Å². The number of anilines is 2. The maximum atomic E-state index is 13.7. The molecule has 0 unspecified atom stereocenters. The van der Waals surface area contributed by atoms with E-state index in [4.69, 9.17) is 0 Å². The number of amides is 3. The molecular formula is C26H29FN4O3S. The summed E-state index contributed by atoms with van der Waals surface area (Å²) in [7, 11) is 0. The third-order valence-corrected chi connectivity index (χ3v) is 5.95. The molecule has 3 rings (SSSR count). The molecule has 0 aliphatic heterocycles. The highest BCUT2D eigenvalue weighted by molar-refractivity contribution is 7.13. The minimum Gasteiger partial charge on any atom is -0.352 e. The Labute approximate surface area is 208 Å². The van der Waals surface area contributed by atoms with Crippen LogP contribution in [0.1, 0.15) is 50.8 Å².